The van der Waals surface area contributed by atoms with Gasteiger partial charge in [-0.3, -0.25) is 0 Å². The molecule has 0 aromatic rings. The largest absolute Gasteiger partial charge is 0.466 e. The van der Waals surface area contributed by atoms with Crippen LogP contribution in [0.2, 0.25) is 0 Å². The zero-order valence-corrected chi connectivity index (χ0v) is 10.7. The first-order valence-electron chi connectivity index (χ1n) is 5.24. The number of aliphatic hydroxyl groups is 2. The van der Waals surface area contributed by atoms with Crippen molar-refractivity contribution in [2.24, 2.45) is 0 Å². The van der Waals surface area contributed by atoms with Crippen LogP contribution in [0.1, 0.15) is 6.42 Å². The zero-order chi connectivity index (χ0) is 13.6. The third-order valence-corrected chi connectivity index (χ3v) is 3.35. The fourth-order valence-corrected chi connectivity index (χ4v) is 2.33. The van der Waals surface area contributed by atoms with Crippen molar-refractivity contribution in [3.8, 4) is 0 Å². The van der Waals surface area contributed by atoms with E-state index in [1.165, 1.54) is 23.4 Å². The van der Waals surface area contributed by atoms with Gasteiger partial charge in [-0.1, -0.05) is 11.9 Å². The molecule has 0 aliphatic carbocycles. The van der Waals surface area contributed by atoms with Gasteiger partial charge in [-0.25, -0.2) is 9.59 Å². The number of esters is 2. The Labute approximate surface area is 108 Å². The highest BCUT2D eigenvalue weighted by Crippen LogP contribution is 2.31. The number of carbonyl (C=O) groups excluding carboxylic acids is 2. The summed E-state index contributed by atoms with van der Waals surface area (Å²) in [5, 5.41) is 18.9. The van der Waals surface area contributed by atoms with Gasteiger partial charge in [0.15, 0.2) is 0 Å². The Morgan fingerprint density at radius 3 is 2.61 bits per heavy atom. The van der Waals surface area contributed by atoms with Crippen molar-refractivity contribution in [3.63, 3.8) is 0 Å². The molecule has 8 heteroatoms. The molecule has 0 unspecified atom stereocenters. The van der Waals surface area contributed by atoms with E-state index < -0.39 is 17.8 Å². The highest BCUT2D eigenvalue weighted by atomic mass is 32.2. The van der Waals surface area contributed by atoms with Crippen molar-refractivity contribution >= 4 is 23.9 Å². The second kappa shape index (κ2) is 6.74. The molecule has 0 bridgehead atoms. The Hall–Kier alpha value is -1.09. The van der Waals surface area contributed by atoms with Gasteiger partial charge in [0, 0.05) is 30.9 Å². The summed E-state index contributed by atoms with van der Waals surface area (Å²) >= 11 is 1.27. The van der Waals surface area contributed by atoms with Crippen molar-refractivity contribution in [3.05, 3.63) is 12.2 Å². The van der Waals surface area contributed by atoms with E-state index in [1.807, 2.05) is 0 Å². The minimum Gasteiger partial charge on any atom is -0.466 e. The molecule has 1 rings (SSSR count). The summed E-state index contributed by atoms with van der Waals surface area (Å²) in [6.45, 7) is 0.190. The number of hydrogen-bond acceptors (Lipinski definition) is 8. The Morgan fingerprint density at radius 1 is 1.39 bits per heavy atom. The van der Waals surface area contributed by atoms with Crippen LogP contribution >= 0.6 is 11.9 Å². The topological polar surface area (TPSA) is 96.3 Å². The molecule has 1 fully saturated rings. The summed E-state index contributed by atoms with van der Waals surface area (Å²) in [7, 11) is 1.20. The molecule has 0 radical (unpaired) electrons. The Kier molecular flexibility index (Phi) is 5.60. The fraction of sp³-hybridized carbons (Fsp3) is 0.600. The first kappa shape index (κ1) is 15.0. The van der Waals surface area contributed by atoms with Crippen LogP contribution in [0.3, 0.4) is 0 Å². The fourth-order valence-electron chi connectivity index (χ4n) is 1.25. The SMILES string of the molecule is COC(=O)/C=C/C(=O)OCCN1SCCC1(O)O. The third-order valence-electron chi connectivity index (χ3n) is 2.18. The molecule has 1 saturated heterocycles. The van der Waals surface area contributed by atoms with E-state index in [0.717, 1.165) is 12.2 Å². The molecule has 0 spiro atoms. The Bertz CT molecular complexity index is 343. The Balaban J connectivity index is 2.24. The van der Waals surface area contributed by atoms with Gasteiger partial charge in [-0.2, -0.15) is 4.31 Å². The van der Waals surface area contributed by atoms with Crippen LogP contribution in [0.5, 0.6) is 0 Å². The van der Waals surface area contributed by atoms with E-state index in [2.05, 4.69) is 4.74 Å². The van der Waals surface area contributed by atoms with Crippen LogP contribution in [-0.2, 0) is 19.1 Å². The van der Waals surface area contributed by atoms with Gasteiger partial charge in [0.05, 0.1) is 7.11 Å². The first-order chi connectivity index (χ1) is 8.45. The van der Waals surface area contributed by atoms with E-state index in [4.69, 9.17) is 4.74 Å². The van der Waals surface area contributed by atoms with Gasteiger partial charge in [0.2, 0.25) is 5.91 Å². The summed E-state index contributed by atoms with van der Waals surface area (Å²) in [5.74, 6) is -2.58. The lowest BCUT2D eigenvalue weighted by Crippen LogP contribution is -2.42. The van der Waals surface area contributed by atoms with Crippen LogP contribution in [0.25, 0.3) is 0 Å². The lowest BCUT2D eigenvalue weighted by atomic mass is 10.3. The molecule has 0 aromatic carbocycles. The van der Waals surface area contributed by atoms with Crippen molar-refractivity contribution in [1.29, 1.82) is 0 Å². The second-order valence-electron chi connectivity index (χ2n) is 3.48. The van der Waals surface area contributed by atoms with Gasteiger partial charge in [-0.05, 0) is 0 Å². The molecule has 1 aliphatic heterocycles. The number of rotatable bonds is 5. The average Bonchev–Trinajstić information content (AvgIpc) is 2.65. The van der Waals surface area contributed by atoms with Crippen LogP contribution < -0.4 is 0 Å². The smallest absolute Gasteiger partial charge is 0.331 e. The molecular formula is C10H15NO6S. The first-order valence-corrected chi connectivity index (χ1v) is 6.18. The minimum absolute atomic E-state index is 0.000214. The summed E-state index contributed by atoms with van der Waals surface area (Å²) in [6.07, 6.45) is 2.15. The maximum atomic E-state index is 11.1. The molecule has 0 saturated carbocycles. The number of methoxy groups -OCH3 is 1. The molecule has 1 aliphatic rings. The van der Waals surface area contributed by atoms with Crippen LogP contribution in [0.4, 0.5) is 0 Å². The quantitative estimate of drug-likeness (QED) is 0.293. The normalized spacial score (nSPS) is 19.1. The molecule has 0 aromatic heterocycles. The zero-order valence-electron chi connectivity index (χ0n) is 9.87. The average molecular weight is 277 g/mol. The van der Waals surface area contributed by atoms with Gasteiger partial charge in [-0.15, -0.1) is 0 Å². The maximum Gasteiger partial charge on any atom is 0.331 e. The monoisotopic (exact) mass is 277 g/mol. The lowest BCUT2D eigenvalue weighted by Gasteiger charge is -2.25. The number of carbonyl (C=O) groups is 2. The number of nitrogens with zero attached hydrogens (tertiary/aromatic N) is 1. The van der Waals surface area contributed by atoms with Gasteiger partial charge in [0.1, 0.15) is 6.61 Å². The summed E-state index contributed by atoms with van der Waals surface area (Å²) in [4.78, 5) is 21.8. The molecule has 0 atom stereocenters. The summed E-state index contributed by atoms with van der Waals surface area (Å²) in [6, 6.07) is 0. The van der Waals surface area contributed by atoms with Gasteiger partial charge < -0.3 is 19.7 Å². The predicted octanol–water partition coefficient (Wildman–Crippen LogP) is -0.749. The molecule has 102 valence electrons. The predicted molar refractivity (Wildman–Crippen MR) is 63.1 cm³/mol. The maximum absolute atomic E-state index is 11.1. The van der Waals surface area contributed by atoms with E-state index >= 15 is 0 Å². The standard InChI is InChI=1S/C10H15NO6S/c1-16-8(12)2-3-9(13)17-6-5-11-10(14,15)4-7-18-11/h2-3,14-15H,4-7H2,1H3/b3-2+. The van der Waals surface area contributed by atoms with Gasteiger partial charge in [0.25, 0.3) is 0 Å². The summed E-state index contributed by atoms with van der Waals surface area (Å²) in [5.41, 5.74) is 0. The minimum atomic E-state index is -1.85. The third kappa shape index (κ3) is 4.65. The molecule has 7 nitrogen and oxygen atoms in total. The number of ether oxygens (including phenoxy) is 2. The molecule has 18 heavy (non-hydrogen) atoms. The van der Waals surface area contributed by atoms with Crippen molar-refractivity contribution in [1.82, 2.24) is 4.31 Å². The van der Waals surface area contributed by atoms with Crippen LogP contribution in [0, 0.1) is 0 Å². The molecular weight excluding hydrogens is 262 g/mol. The molecule has 0 amide bonds. The molecule has 1 heterocycles. The lowest BCUT2D eigenvalue weighted by molar-refractivity contribution is -0.225. The molecule has 2 N–H and O–H groups in total. The summed E-state index contributed by atoms with van der Waals surface area (Å²) < 4.78 is 10.4. The van der Waals surface area contributed by atoms with Crippen molar-refractivity contribution in [2.75, 3.05) is 26.0 Å². The van der Waals surface area contributed by atoms with Crippen LogP contribution in [-0.4, -0.2) is 58.4 Å². The van der Waals surface area contributed by atoms with Crippen molar-refractivity contribution < 1.29 is 29.3 Å². The highest BCUT2D eigenvalue weighted by Gasteiger charge is 2.37. The second-order valence-corrected chi connectivity index (χ2v) is 4.59. The highest BCUT2D eigenvalue weighted by molar-refractivity contribution is 7.97. The van der Waals surface area contributed by atoms with Gasteiger partial charge >= 0.3 is 11.9 Å². The van der Waals surface area contributed by atoms with E-state index in [1.54, 1.807) is 0 Å². The van der Waals surface area contributed by atoms with E-state index in [0.29, 0.717) is 5.75 Å². The van der Waals surface area contributed by atoms with Crippen molar-refractivity contribution in [2.45, 2.75) is 12.3 Å². The van der Waals surface area contributed by atoms with Crippen LogP contribution in [0.15, 0.2) is 12.2 Å². The number of hydrogen-bond donors (Lipinski definition) is 2. The van der Waals surface area contributed by atoms with E-state index in [-0.39, 0.29) is 19.6 Å². The van der Waals surface area contributed by atoms with E-state index in [9.17, 15) is 19.8 Å². The Morgan fingerprint density at radius 2 is 2.06 bits per heavy atom.